The Kier molecular flexibility index (Phi) is 6.63. The molecule has 2 unspecified atom stereocenters. The Labute approximate surface area is 134 Å². The van der Waals surface area contributed by atoms with Gasteiger partial charge >= 0.3 is 0 Å². The molecule has 0 aliphatic heterocycles. The van der Waals surface area contributed by atoms with Crippen LogP contribution in [0.15, 0.2) is 0 Å². The second-order valence-corrected chi connectivity index (χ2v) is 8.81. The summed E-state index contributed by atoms with van der Waals surface area (Å²) < 4.78 is 0. The van der Waals surface area contributed by atoms with Crippen LogP contribution in [-0.4, -0.2) is 0 Å². The summed E-state index contributed by atoms with van der Waals surface area (Å²) in [6, 6.07) is 0. The largest absolute Gasteiger partial charge is 0.0620 e. The van der Waals surface area contributed by atoms with Crippen LogP contribution in [-0.2, 0) is 0 Å². The minimum atomic E-state index is 0.585. The van der Waals surface area contributed by atoms with E-state index in [1.807, 2.05) is 0 Å². The van der Waals surface area contributed by atoms with Crippen LogP contribution in [0.2, 0.25) is 0 Å². The lowest BCUT2D eigenvalue weighted by Crippen LogP contribution is -2.42. The standard InChI is InChI=1S/C21H40/c1-19-15-11-7-6-10-14-18-21(19,3)20(2)16-12-8-4-5-9-13-17-20/h19H,4-18H2,1-3H3. The molecule has 0 N–H and O–H groups in total. The molecular weight excluding hydrogens is 252 g/mol. The topological polar surface area (TPSA) is 0 Å². The Morgan fingerprint density at radius 3 is 1.57 bits per heavy atom. The van der Waals surface area contributed by atoms with E-state index in [-0.39, 0.29) is 0 Å². The molecule has 0 aromatic carbocycles. The van der Waals surface area contributed by atoms with Crippen molar-refractivity contribution in [1.29, 1.82) is 0 Å². The average molecular weight is 293 g/mol. The first-order chi connectivity index (χ1) is 10.1. The van der Waals surface area contributed by atoms with Gasteiger partial charge in [-0.15, -0.1) is 0 Å². The molecule has 2 atom stereocenters. The lowest BCUT2D eigenvalue weighted by molar-refractivity contribution is -0.0177. The molecule has 2 rings (SSSR count). The summed E-state index contributed by atoms with van der Waals surface area (Å²) in [7, 11) is 0. The van der Waals surface area contributed by atoms with Crippen LogP contribution in [0.5, 0.6) is 0 Å². The molecule has 0 aromatic rings. The molecule has 124 valence electrons. The Morgan fingerprint density at radius 2 is 1.00 bits per heavy atom. The highest BCUT2D eigenvalue weighted by atomic mass is 14.5. The highest BCUT2D eigenvalue weighted by molar-refractivity contribution is 4.96. The maximum atomic E-state index is 2.68. The average Bonchev–Trinajstić information content (AvgIpc) is 2.63. The van der Waals surface area contributed by atoms with Crippen LogP contribution < -0.4 is 0 Å². The van der Waals surface area contributed by atoms with Gasteiger partial charge in [-0.05, 0) is 36.0 Å². The smallest absolute Gasteiger partial charge is 0.0246 e. The van der Waals surface area contributed by atoms with E-state index in [1.54, 1.807) is 0 Å². The van der Waals surface area contributed by atoms with E-state index in [0.29, 0.717) is 10.8 Å². The van der Waals surface area contributed by atoms with Crippen LogP contribution in [0.3, 0.4) is 0 Å². The van der Waals surface area contributed by atoms with E-state index < -0.39 is 0 Å². The zero-order valence-corrected chi connectivity index (χ0v) is 15.2. The zero-order valence-electron chi connectivity index (χ0n) is 15.2. The summed E-state index contributed by atoms with van der Waals surface area (Å²) in [5.74, 6) is 0.918. The van der Waals surface area contributed by atoms with Crippen LogP contribution in [0.1, 0.15) is 117 Å². The van der Waals surface area contributed by atoms with Crippen molar-refractivity contribution < 1.29 is 0 Å². The molecule has 0 bridgehead atoms. The fraction of sp³-hybridized carbons (Fsp3) is 1.00. The summed E-state index contributed by atoms with van der Waals surface area (Å²) in [6.45, 7) is 7.94. The molecule has 21 heavy (non-hydrogen) atoms. The van der Waals surface area contributed by atoms with E-state index in [4.69, 9.17) is 0 Å². The maximum absolute atomic E-state index is 2.68. The van der Waals surface area contributed by atoms with Gasteiger partial charge in [-0.25, -0.2) is 0 Å². The molecule has 2 aliphatic carbocycles. The van der Waals surface area contributed by atoms with Crippen LogP contribution in [0, 0.1) is 16.7 Å². The minimum Gasteiger partial charge on any atom is -0.0620 e. The van der Waals surface area contributed by atoms with Crippen LogP contribution in [0.25, 0.3) is 0 Å². The van der Waals surface area contributed by atoms with Crippen molar-refractivity contribution in [2.24, 2.45) is 16.7 Å². The monoisotopic (exact) mass is 292 g/mol. The molecule has 0 saturated heterocycles. The van der Waals surface area contributed by atoms with Crippen molar-refractivity contribution >= 4 is 0 Å². The summed E-state index contributed by atoms with van der Waals surface area (Å²) in [4.78, 5) is 0. The van der Waals surface area contributed by atoms with Crippen LogP contribution in [0.4, 0.5) is 0 Å². The van der Waals surface area contributed by atoms with Crippen molar-refractivity contribution in [3.63, 3.8) is 0 Å². The highest BCUT2D eigenvalue weighted by Gasteiger charge is 2.46. The van der Waals surface area contributed by atoms with Gasteiger partial charge in [0.2, 0.25) is 0 Å². The van der Waals surface area contributed by atoms with E-state index in [9.17, 15) is 0 Å². The Hall–Kier alpha value is 0. The third kappa shape index (κ3) is 4.26. The predicted molar refractivity (Wildman–Crippen MR) is 94.6 cm³/mol. The van der Waals surface area contributed by atoms with E-state index in [1.165, 1.54) is 96.3 Å². The maximum Gasteiger partial charge on any atom is -0.0246 e. The summed E-state index contributed by atoms with van der Waals surface area (Å²) in [6.07, 6.45) is 22.3. The fourth-order valence-corrected chi connectivity index (χ4v) is 5.37. The van der Waals surface area contributed by atoms with Gasteiger partial charge in [-0.2, -0.15) is 0 Å². The van der Waals surface area contributed by atoms with Gasteiger partial charge in [0.25, 0.3) is 0 Å². The second-order valence-electron chi connectivity index (χ2n) is 8.81. The first kappa shape index (κ1) is 17.4. The quantitative estimate of drug-likeness (QED) is 0.469. The van der Waals surface area contributed by atoms with Gasteiger partial charge in [0.05, 0.1) is 0 Å². The van der Waals surface area contributed by atoms with Gasteiger partial charge in [0.1, 0.15) is 0 Å². The molecular formula is C21H40. The second kappa shape index (κ2) is 8.02. The highest BCUT2D eigenvalue weighted by Crippen LogP contribution is 2.56. The molecule has 2 saturated carbocycles. The van der Waals surface area contributed by atoms with Crippen molar-refractivity contribution in [2.75, 3.05) is 0 Å². The molecule has 0 aromatic heterocycles. The summed E-state index contributed by atoms with van der Waals surface area (Å²) in [5.41, 5.74) is 1.18. The van der Waals surface area contributed by atoms with Crippen molar-refractivity contribution in [3.05, 3.63) is 0 Å². The summed E-state index contributed by atoms with van der Waals surface area (Å²) >= 11 is 0. The predicted octanol–water partition coefficient (Wildman–Crippen LogP) is 7.51. The molecule has 2 fully saturated rings. The normalized spacial score (nSPS) is 36.4. The lowest BCUT2D eigenvalue weighted by atomic mass is 9.53. The summed E-state index contributed by atoms with van der Waals surface area (Å²) in [5, 5.41) is 0. The van der Waals surface area contributed by atoms with E-state index >= 15 is 0 Å². The van der Waals surface area contributed by atoms with Gasteiger partial charge in [0.15, 0.2) is 0 Å². The molecule has 0 nitrogen and oxygen atoms in total. The van der Waals surface area contributed by atoms with E-state index in [0.717, 1.165) is 5.92 Å². The van der Waals surface area contributed by atoms with Crippen molar-refractivity contribution in [1.82, 2.24) is 0 Å². The molecule has 0 amide bonds. The zero-order chi connectivity index (χ0) is 15.2. The van der Waals surface area contributed by atoms with Crippen molar-refractivity contribution in [3.8, 4) is 0 Å². The molecule has 0 heteroatoms. The number of hydrogen-bond donors (Lipinski definition) is 0. The minimum absolute atomic E-state index is 0.585. The van der Waals surface area contributed by atoms with Gasteiger partial charge in [0, 0.05) is 0 Å². The van der Waals surface area contributed by atoms with Gasteiger partial charge < -0.3 is 0 Å². The van der Waals surface area contributed by atoms with Crippen LogP contribution >= 0.6 is 0 Å². The molecule has 0 radical (unpaired) electrons. The third-order valence-electron chi connectivity index (χ3n) is 7.51. The molecule has 2 aliphatic rings. The van der Waals surface area contributed by atoms with Gasteiger partial charge in [-0.1, -0.05) is 97.8 Å². The molecule has 0 heterocycles. The Bertz CT molecular complexity index is 282. The first-order valence-electron chi connectivity index (χ1n) is 10.1. The Balaban J connectivity index is 2.17. The van der Waals surface area contributed by atoms with Gasteiger partial charge in [-0.3, -0.25) is 0 Å². The van der Waals surface area contributed by atoms with E-state index in [2.05, 4.69) is 20.8 Å². The lowest BCUT2D eigenvalue weighted by Gasteiger charge is -2.51. The number of rotatable bonds is 1. The Morgan fingerprint density at radius 1 is 0.571 bits per heavy atom. The number of hydrogen-bond acceptors (Lipinski definition) is 0. The van der Waals surface area contributed by atoms with Crippen molar-refractivity contribution in [2.45, 2.75) is 117 Å². The SMILES string of the molecule is CC1CCCCCCCC1(C)C1(C)CCCCCCCC1. The fourth-order valence-electron chi connectivity index (χ4n) is 5.37. The third-order valence-corrected chi connectivity index (χ3v) is 7.51. The molecule has 0 spiro atoms. The first-order valence-corrected chi connectivity index (χ1v) is 10.1.